The van der Waals surface area contributed by atoms with Gasteiger partial charge in [-0.2, -0.15) is 0 Å². The fourth-order valence-electron chi connectivity index (χ4n) is 1.25. The van der Waals surface area contributed by atoms with Gasteiger partial charge in [0, 0.05) is 11.1 Å². The van der Waals surface area contributed by atoms with Gasteiger partial charge >= 0.3 is 5.97 Å². The summed E-state index contributed by atoms with van der Waals surface area (Å²) in [4.78, 5) is 15.2. The zero-order valence-corrected chi connectivity index (χ0v) is 10.5. The Hall–Kier alpha value is -1.59. The molecule has 2 rings (SSSR count). The van der Waals surface area contributed by atoms with Crippen molar-refractivity contribution in [1.82, 2.24) is 4.98 Å². The fraction of sp³-hybridized carbons (Fsp3) is 0. The van der Waals surface area contributed by atoms with E-state index in [1.807, 2.05) is 0 Å². The Bertz CT molecular complexity index is 589. The van der Waals surface area contributed by atoms with Crippen LogP contribution in [0.4, 0.5) is 4.39 Å². The number of aromatic carboxylic acids is 1. The molecule has 0 radical (unpaired) electrons. The van der Waals surface area contributed by atoms with Crippen molar-refractivity contribution < 1.29 is 14.3 Å². The third-order valence-electron chi connectivity index (χ3n) is 2.09. The van der Waals surface area contributed by atoms with Gasteiger partial charge in [0.05, 0.1) is 10.6 Å². The summed E-state index contributed by atoms with van der Waals surface area (Å²) in [7, 11) is 0. The molecular formula is C12H7ClFNO2S. The topological polar surface area (TPSA) is 50.2 Å². The number of carboxylic acids is 1. The molecule has 6 heteroatoms. The number of aromatic nitrogens is 1. The average Bonchev–Trinajstić information content (AvgIpc) is 2.33. The molecule has 0 saturated carbocycles. The van der Waals surface area contributed by atoms with Gasteiger partial charge in [0.15, 0.2) is 5.82 Å². The highest BCUT2D eigenvalue weighted by molar-refractivity contribution is 7.99. The van der Waals surface area contributed by atoms with Gasteiger partial charge < -0.3 is 5.11 Å². The molecular weight excluding hydrogens is 277 g/mol. The Labute approximate surface area is 112 Å². The summed E-state index contributed by atoms with van der Waals surface area (Å²) in [5.41, 5.74) is 0.184. The van der Waals surface area contributed by atoms with E-state index in [0.29, 0.717) is 4.90 Å². The van der Waals surface area contributed by atoms with E-state index >= 15 is 0 Å². The van der Waals surface area contributed by atoms with E-state index in [2.05, 4.69) is 4.98 Å². The van der Waals surface area contributed by atoms with Gasteiger partial charge in [0.1, 0.15) is 5.03 Å². The lowest BCUT2D eigenvalue weighted by Crippen LogP contribution is -1.94. The Balaban J connectivity index is 2.21. The van der Waals surface area contributed by atoms with Crippen LogP contribution in [0.5, 0.6) is 0 Å². The van der Waals surface area contributed by atoms with Crippen LogP contribution in [0.1, 0.15) is 10.4 Å². The van der Waals surface area contributed by atoms with E-state index in [4.69, 9.17) is 16.7 Å². The van der Waals surface area contributed by atoms with E-state index < -0.39 is 11.8 Å². The molecule has 1 aromatic carbocycles. The van der Waals surface area contributed by atoms with Crippen LogP contribution in [0.2, 0.25) is 5.02 Å². The lowest BCUT2D eigenvalue weighted by Gasteiger charge is -2.03. The van der Waals surface area contributed by atoms with Crippen LogP contribution >= 0.6 is 23.4 Å². The molecule has 18 heavy (non-hydrogen) atoms. The third kappa shape index (κ3) is 3.00. The maximum atomic E-state index is 13.5. The van der Waals surface area contributed by atoms with Gasteiger partial charge in [0.25, 0.3) is 0 Å². The number of benzene rings is 1. The van der Waals surface area contributed by atoms with E-state index in [0.717, 1.165) is 11.8 Å². The number of halogens is 2. The molecule has 0 spiro atoms. The average molecular weight is 284 g/mol. The Morgan fingerprint density at radius 3 is 2.56 bits per heavy atom. The molecule has 3 nitrogen and oxygen atoms in total. The fourth-order valence-corrected chi connectivity index (χ4v) is 2.16. The lowest BCUT2D eigenvalue weighted by molar-refractivity contribution is 0.0697. The van der Waals surface area contributed by atoms with Crippen molar-refractivity contribution in [2.45, 2.75) is 9.92 Å². The predicted molar refractivity (Wildman–Crippen MR) is 66.7 cm³/mol. The Morgan fingerprint density at radius 1 is 1.33 bits per heavy atom. The van der Waals surface area contributed by atoms with Gasteiger partial charge in [-0.25, -0.2) is 14.2 Å². The summed E-state index contributed by atoms with van der Waals surface area (Å²) < 4.78 is 13.5. The van der Waals surface area contributed by atoms with Gasteiger partial charge in [-0.1, -0.05) is 23.4 Å². The van der Waals surface area contributed by atoms with E-state index in [9.17, 15) is 9.18 Å². The monoisotopic (exact) mass is 283 g/mol. The second-order valence-electron chi connectivity index (χ2n) is 3.37. The van der Waals surface area contributed by atoms with Gasteiger partial charge in [-0.15, -0.1) is 0 Å². The smallest absolute Gasteiger partial charge is 0.335 e. The predicted octanol–water partition coefficient (Wildman–Crippen LogP) is 3.72. The van der Waals surface area contributed by atoms with Crippen molar-refractivity contribution in [3.05, 3.63) is 52.9 Å². The van der Waals surface area contributed by atoms with Crippen molar-refractivity contribution in [3.63, 3.8) is 0 Å². The van der Waals surface area contributed by atoms with E-state index in [-0.39, 0.29) is 15.6 Å². The van der Waals surface area contributed by atoms with Crippen LogP contribution in [0, 0.1) is 5.82 Å². The second kappa shape index (κ2) is 5.37. The summed E-state index contributed by atoms with van der Waals surface area (Å²) in [6, 6.07) is 7.30. The number of carbonyl (C=O) groups is 1. The molecule has 92 valence electrons. The Kier molecular flexibility index (Phi) is 3.84. The minimum atomic E-state index is -0.998. The van der Waals surface area contributed by atoms with Crippen molar-refractivity contribution in [2.24, 2.45) is 0 Å². The maximum Gasteiger partial charge on any atom is 0.335 e. The number of pyridine rings is 1. The SMILES string of the molecule is O=C(O)c1ccc(Sc2ncc(Cl)cc2F)cc1. The standard InChI is InChI=1S/C12H7ClFNO2S/c13-8-5-10(14)11(15-6-8)18-9-3-1-7(2-4-9)12(16)17/h1-6H,(H,16,17). The molecule has 1 heterocycles. The number of rotatable bonds is 3. The normalized spacial score (nSPS) is 10.3. The van der Waals surface area contributed by atoms with Crippen molar-refractivity contribution in [2.75, 3.05) is 0 Å². The molecule has 2 aromatic rings. The lowest BCUT2D eigenvalue weighted by atomic mass is 10.2. The Morgan fingerprint density at radius 2 is 2.00 bits per heavy atom. The summed E-state index contributed by atoms with van der Waals surface area (Å²) in [5.74, 6) is -1.50. The van der Waals surface area contributed by atoms with Crippen LogP contribution in [0.15, 0.2) is 46.5 Å². The van der Waals surface area contributed by atoms with Crippen LogP contribution < -0.4 is 0 Å². The van der Waals surface area contributed by atoms with Gasteiger partial charge in [0.2, 0.25) is 0 Å². The van der Waals surface area contributed by atoms with E-state index in [1.54, 1.807) is 12.1 Å². The largest absolute Gasteiger partial charge is 0.478 e. The van der Waals surface area contributed by atoms with Crippen molar-refractivity contribution >= 4 is 29.3 Å². The summed E-state index contributed by atoms with van der Waals surface area (Å²) in [6.45, 7) is 0. The molecule has 0 aliphatic heterocycles. The quantitative estimate of drug-likeness (QED) is 0.932. The molecule has 0 unspecified atom stereocenters. The molecule has 0 saturated heterocycles. The highest BCUT2D eigenvalue weighted by Gasteiger charge is 2.08. The molecule has 0 atom stereocenters. The molecule has 1 N–H and O–H groups in total. The number of carboxylic acid groups (broad SMARTS) is 1. The third-order valence-corrected chi connectivity index (χ3v) is 3.30. The first kappa shape index (κ1) is 12.9. The summed E-state index contributed by atoms with van der Waals surface area (Å²) in [5, 5.41) is 9.18. The molecule has 0 aliphatic rings. The van der Waals surface area contributed by atoms with E-state index in [1.165, 1.54) is 24.4 Å². The second-order valence-corrected chi connectivity index (χ2v) is 4.87. The van der Waals surface area contributed by atoms with Crippen LogP contribution in [0.25, 0.3) is 0 Å². The maximum absolute atomic E-state index is 13.5. The highest BCUT2D eigenvalue weighted by atomic mass is 35.5. The van der Waals surface area contributed by atoms with Crippen LogP contribution in [-0.4, -0.2) is 16.1 Å². The number of hydrogen-bond donors (Lipinski definition) is 1. The van der Waals surface area contributed by atoms with Gasteiger partial charge in [-0.05, 0) is 30.3 Å². The molecule has 0 bridgehead atoms. The zero-order chi connectivity index (χ0) is 13.1. The van der Waals surface area contributed by atoms with Crippen molar-refractivity contribution in [3.8, 4) is 0 Å². The zero-order valence-electron chi connectivity index (χ0n) is 8.93. The minimum Gasteiger partial charge on any atom is -0.478 e. The molecule has 0 amide bonds. The first-order valence-corrected chi connectivity index (χ1v) is 6.08. The van der Waals surface area contributed by atoms with Crippen LogP contribution in [-0.2, 0) is 0 Å². The molecule has 1 aromatic heterocycles. The first-order valence-electron chi connectivity index (χ1n) is 4.88. The first-order chi connectivity index (χ1) is 8.56. The number of nitrogens with zero attached hydrogens (tertiary/aromatic N) is 1. The molecule has 0 aliphatic carbocycles. The summed E-state index contributed by atoms with van der Waals surface area (Å²) >= 11 is 6.70. The van der Waals surface area contributed by atoms with Crippen LogP contribution in [0.3, 0.4) is 0 Å². The highest BCUT2D eigenvalue weighted by Crippen LogP contribution is 2.29. The molecule has 0 fully saturated rings. The van der Waals surface area contributed by atoms with Crippen molar-refractivity contribution in [1.29, 1.82) is 0 Å². The number of hydrogen-bond acceptors (Lipinski definition) is 3. The minimum absolute atomic E-state index is 0.184. The summed E-state index contributed by atoms with van der Waals surface area (Å²) in [6.07, 6.45) is 1.36. The van der Waals surface area contributed by atoms with Gasteiger partial charge in [-0.3, -0.25) is 0 Å².